The van der Waals surface area contributed by atoms with Crippen LogP contribution in [0.25, 0.3) is 5.69 Å². The molecule has 0 spiro atoms. The first-order valence-corrected chi connectivity index (χ1v) is 11.1. The lowest BCUT2D eigenvalue weighted by molar-refractivity contribution is -0.125. The lowest BCUT2D eigenvalue weighted by Crippen LogP contribution is -2.43. The summed E-state index contributed by atoms with van der Waals surface area (Å²) in [6.07, 6.45) is 1.56. The number of hydrogen-bond donors (Lipinski definition) is 1. The van der Waals surface area contributed by atoms with Gasteiger partial charge in [0.2, 0.25) is 5.91 Å². The van der Waals surface area contributed by atoms with Crippen LogP contribution in [0, 0.1) is 11.7 Å². The topological polar surface area (TPSA) is 85.7 Å². The SMILES string of the molecule is COc1ccc(OC)c(CNC(=O)[C@@H]2CCCN(c3ccc(=O)n(-c4cccc(F)c4)n3)C2)c1. The highest BCUT2D eigenvalue weighted by atomic mass is 19.1. The molecule has 0 bridgehead atoms. The molecule has 0 radical (unpaired) electrons. The summed E-state index contributed by atoms with van der Waals surface area (Å²) >= 11 is 0. The molecule has 9 heteroatoms. The molecule has 1 aliphatic heterocycles. The Bertz CT molecular complexity index is 1230. The van der Waals surface area contributed by atoms with E-state index in [4.69, 9.17) is 9.47 Å². The molecule has 2 aromatic carbocycles. The zero-order chi connectivity index (χ0) is 24.1. The van der Waals surface area contributed by atoms with Gasteiger partial charge in [-0.2, -0.15) is 4.68 Å². The Labute approximate surface area is 196 Å². The maximum Gasteiger partial charge on any atom is 0.271 e. The Kier molecular flexibility index (Phi) is 7.10. The first kappa shape index (κ1) is 23.3. The van der Waals surface area contributed by atoms with Gasteiger partial charge >= 0.3 is 0 Å². The second kappa shape index (κ2) is 10.4. The Balaban J connectivity index is 1.46. The molecule has 4 rings (SSSR count). The number of carbonyl (C=O) groups is 1. The minimum atomic E-state index is -0.445. The number of piperidine rings is 1. The van der Waals surface area contributed by atoms with Gasteiger partial charge in [-0.05, 0) is 55.3 Å². The van der Waals surface area contributed by atoms with E-state index in [1.165, 1.54) is 28.9 Å². The highest BCUT2D eigenvalue weighted by molar-refractivity contribution is 5.79. The number of anilines is 1. The Morgan fingerprint density at radius 3 is 2.76 bits per heavy atom. The standard InChI is InChI=1S/C25H27FN4O4/c1-33-21-8-9-22(34-2)18(13-21)15-27-25(32)17-5-4-12-29(16-17)23-10-11-24(31)30(28-23)20-7-3-6-19(26)14-20/h3,6-11,13-14,17H,4-5,12,15-16H2,1-2H3,(H,27,32)/t17-/m1/s1. The van der Waals surface area contributed by atoms with Crippen molar-refractivity contribution in [2.24, 2.45) is 5.92 Å². The van der Waals surface area contributed by atoms with Gasteiger partial charge in [-0.1, -0.05) is 6.07 Å². The van der Waals surface area contributed by atoms with Gasteiger partial charge in [-0.25, -0.2) is 4.39 Å². The predicted octanol–water partition coefficient (Wildman–Crippen LogP) is 2.92. The first-order chi connectivity index (χ1) is 16.5. The third-order valence-corrected chi connectivity index (χ3v) is 5.90. The molecule has 1 fully saturated rings. The summed E-state index contributed by atoms with van der Waals surface area (Å²) in [6, 6.07) is 14.2. The molecular weight excluding hydrogens is 439 g/mol. The highest BCUT2D eigenvalue weighted by Crippen LogP contribution is 2.25. The molecule has 3 aromatic rings. The first-order valence-electron chi connectivity index (χ1n) is 11.1. The van der Waals surface area contributed by atoms with E-state index >= 15 is 0 Å². The third kappa shape index (κ3) is 5.19. The minimum Gasteiger partial charge on any atom is -0.497 e. The average molecular weight is 467 g/mol. The van der Waals surface area contributed by atoms with Crippen molar-refractivity contribution in [3.05, 3.63) is 76.3 Å². The van der Waals surface area contributed by atoms with Crippen LogP contribution in [0.1, 0.15) is 18.4 Å². The number of aromatic nitrogens is 2. The summed E-state index contributed by atoms with van der Waals surface area (Å²) in [5.41, 5.74) is 0.824. The summed E-state index contributed by atoms with van der Waals surface area (Å²) in [4.78, 5) is 27.3. The van der Waals surface area contributed by atoms with Gasteiger partial charge in [0.05, 0.1) is 25.8 Å². The van der Waals surface area contributed by atoms with Gasteiger partial charge in [-0.15, -0.1) is 5.10 Å². The third-order valence-electron chi connectivity index (χ3n) is 5.90. The van der Waals surface area contributed by atoms with E-state index in [1.54, 1.807) is 32.4 Å². The number of nitrogens with one attached hydrogen (secondary N) is 1. The molecule has 34 heavy (non-hydrogen) atoms. The van der Waals surface area contributed by atoms with Crippen molar-refractivity contribution >= 4 is 11.7 Å². The van der Waals surface area contributed by atoms with Crippen LogP contribution in [-0.2, 0) is 11.3 Å². The van der Waals surface area contributed by atoms with Crippen LogP contribution in [0.2, 0.25) is 0 Å². The second-order valence-electron chi connectivity index (χ2n) is 8.10. The maximum absolute atomic E-state index is 13.7. The number of methoxy groups -OCH3 is 2. The zero-order valence-corrected chi connectivity index (χ0v) is 19.2. The van der Waals surface area contributed by atoms with Gasteiger partial charge in [0.15, 0.2) is 0 Å². The molecule has 1 atom stereocenters. The number of halogens is 1. The molecule has 178 valence electrons. The van der Waals surface area contributed by atoms with Crippen LogP contribution in [0.5, 0.6) is 11.5 Å². The molecule has 0 aliphatic carbocycles. The molecule has 8 nitrogen and oxygen atoms in total. The molecule has 0 saturated carbocycles. The van der Waals surface area contributed by atoms with E-state index in [0.29, 0.717) is 42.6 Å². The van der Waals surface area contributed by atoms with Crippen molar-refractivity contribution in [3.63, 3.8) is 0 Å². The van der Waals surface area contributed by atoms with Crippen molar-refractivity contribution in [1.82, 2.24) is 15.1 Å². The van der Waals surface area contributed by atoms with Gasteiger partial charge in [0.25, 0.3) is 5.56 Å². The lowest BCUT2D eigenvalue weighted by atomic mass is 9.97. The molecule has 0 unspecified atom stereocenters. The molecule has 1 amide bonds. The monoisotopic (exact) mass is 466 g/mol. The van der Waals surface area contributed by atoms with Crippen molar-refractivity contribution in [3.8, 4) is 17.2 Å². The minimum absolute atomic E-state index is 0.0620. The quantitative estimate of drug-likeness (QED) is 0.576. The largest absolute Gasteiger partial charge is 0.497 e. The van der Waals surface area contributed by atoms with Gasteiger partial charge in [0.1, 0.15) is 23.1 Å². The van der Waals surface area contributed by atoms with E-state index < -0.39 is 5.82 Å². The summed E-state index contributed by atoms with van der Waals surface area (Å²) < 4.78 is 25.5. The Morgan fingerprint density at radius 2 is 2.00 bits per heavy atom. The molecular formula is C25H27FN4O4. The zero-order valence-electron chi connectivity index (χ0n) is 19.2. The number of amides is 1. The molecule has 2 heterocycles. The van der Waals surface area contributed by atoms with Crippen LogP contribution < -0.4 is 25.2 Å². The van der Waals surface area contributed by atoms with Crippen LogP contribution in [0.15, 0.2) is 59.4 Å². The summed E-state index contributed by atoms with van der Waals surface area (Å²) in [5.74, 6) is 1.19. The van der Waals surface area contributed by atoms with Crippen LogP contribution in [-0.4, -0.2) is 43.0 Å². The molecule has 1 saturated heterocycles. The number of benzene rings is 2. The fraction of sp³-hybridized carbons (Fsp3) is 0.320. The maximum atomic E-state index is 13.7. The van der Waals surface area contributed by atoms with E-state index in [9.17, 15) is 14.0 Å². The molecule has 1 aliphatic rings. The van der Waals surface area contributed by atoms with Crippen LogP contribution in [0.4, 0.5) is 10.2 Å². The summed E-state index contributed by atoms with van der Waals surface area (Å²) in [7, 11) is 3.18. The lowest BCUT2D eigenvalue weighted by Gasteiger charge is -2.33. The normalized spacial score (nSPS) is 15.6. The number of rotatable bonds is 7. The highest BCUT2D eigenvalue weighted by Gasteiger charge is 2.27. The van der Waals surface area contributed by atoms with Crippen LogP contribution >= 0.6 is 0 Å². The van der Waals surface area contributed by atoms with Gasteiger partial charge in [-0.3, -0.25) is 9.59 Å². The van der Waals surface area contributed by atoms with Crippen molar-refractivity contribution in [2.75, 3.05) is 32.2 Å². The number of carbonyl (C=O) groups excluding carboxylic acids is 1. The fourth-order valence-corrected chi connectivity index (χ4v) is 4.11. The van der Waals surface area contributed by atoms with E-state index in [0.717, 1.165) is 18.4 Å². The average Bonchev–Trinajstić information content (AvgIpc) is 2.87. The summed E-state index contributed by atoms with van der Waals surface area (Å²) in [5, 5.41) is 7.44. The Morgan fingerprint density at radius 1 is 1.15 bits per heavy atom. The second-order valence-corrected chi connectivity index (χ2v) is 8.10. The van der Waals surface area contributed by atoms with Gasteiger partial charge in [0, 0.05) is 31.3 Å². The van der Waals surface area contributed by atoms with Gasteiger partial charge < -0.3 is 19.7 Å². The Hall–Kier alpha value is -3.88. The number of hydrogen-bond acceptors (Lipinski definition) is 6. The van der Waals surface area contributed by atoms with E-state index in [1.807, 2.05) is 17.0 Å². The number of ether oxygens (including phenoxy) is 2. The number of nitrogens with zero attached hydrogens (tertiary/aromatic N) is 3. The molecule has 1 N–H and O–H groups in total. The fourth-order valence-electron chi connectivity index (χ4n) is 4.11. The van der Waals surface area contributed by atoms with E-state index in [2.05, 4.69) is 10.4 Å². The van der Waals surface area contributed by atoms with Crippen molar-refractivity contribution < 1.29 is 18.7 Å². The van der Waals surface area contributed by atoms with Crippen molar-refractivity contribution in [1.29, 1.82) is 0 Å². The van der Waals surface area contributed by atoms with E-state index in [-0.39, 0.29) is 17.4 Å². The molecule has 1 aromatic heterocycles. The predicted molar refractivity (Wildman–Crippen MR) is 126 cm³/mol. The van der Waals surface area contributed by atoms with Crippen LogP contribution in [0.3, 0.4) is 0 Å². The smallest absolute Gasteiger partial charge is 0.271 e. The van der Waals surface area contributed by atoms with Crippen molar-refractivity contribution in [2.45, 2.75) is 19.4 Å². The summed E-state index contributed by atoms with van der Waals surface area (Å²) in [6.45, 7) is 1.50.